The monoisotopic (exact) mass is 193 g/mol. The maximum atomic E-state index is 13.0. The molecule has 0 saturated carbocycles. The average Bonchev–Trinajstić information content (AvgIpc) is 2.16. The minimum atomic E-state index is -0.512. The zero-order valence-corrected chi connectivity index (χ0v) is 7.26. The molecule has 0 aromatic heterocycles. The fraction of sp³-hybridized carbons (Fsp3) is 0.111. The van der Waals surface area contributed by atoms with Crippen LogP contribution < -0.4 is 0 Å². The van der Waals surface area contributed by atoms with E-state index in [9.17, 15) is 9.50 Å². The Bertz CT molecular complexity index is 377. The molecule has 1 aromatic rings. The first-order valence-electron chi connectivity index (χ1n) is 3.90. The van der Waals surface area contributed by atoms with Crippen LogP contribution in [0, 0.1) is 5.82 Å². The predicted octanol–water partition coefficient (Wildman–Crippen LogP) is 2.85. The van der Waals surface area contributed by atoms with Crippen LogP contribution in [0.5, 0.6) is 5.75 Å². The number of rotatable bonds is 3. The van der Waals surface area contributed by atoms with E-state index >= 15 is 0 Å². The number of halogens is 1. The molecule has 1 aromatic carbocycles. The molecule has 0 saturated heterocycles. The molecule has 1 rings (SSSR count). The highest BCUT2D eigenvalue weighted by atomic mass is 19.1. The first-order valence-corrected chi connectivity index (χ1v) is 3.90. The van der Waals surface area contributed by atoms with Crippen molar-refractivity contribution in [2.45, 2.75) is 0 Å². The van der Waals surface area contributed by atoms with Gasteiger partial charge in [0.25, 0.3) is 0 Å². The lowest BCUT2D eigenvalue weighted by atomic mass is 10.2. The molecular formula is C9H8FN3O. The zero-order chi connectivity index (χ0) is 10.4. The lowest BCUT2D eigenvalue weighted by Crippen LogP contribution is -1.82. The van der Waals surface area contributed by atoms with Gasteiger partial charge in [0.15, 0.2) is 0 Å². The number of phenols is 1. The number of hydrogen-bond donors (Lipinski definition) is 1. The minimum absolute atomic E-state index is 0.0978. The van der Waals surface area contributed by atoms with Crippen LogP contribution in [0.25, 0.3) is 16.5 Å². The molecule has 0 fully saturated rings. The molecule has 0 radical (unpaired) electrons. The largest absolute Gasteiger partial charge is 0.507 e. The summed E-state index contributed by atoms with van der Waals surface area (Å²) in [6.07, 6.45) is 2.84. The molecule has 72 valence electrons. The summed E-state index contributed by atoms with van der Waals surface area (Å²) in [5.41, 5.74) is 8.07. The molecule has 0 unspecified atom stereocenters. The van der Waals surface area contributed by atoms with Gasteiger partial charge in [-0.25, -0.2) is 4.39 Å². The SMILES string of the molecule is [N-]=[N+]=NCC=Cc1c(O)cccc1F. The topological polar surface area (TPSA) is 69.0 Å². The first kappa shape index (κ1) is 10.1. The van der Waals surface area contributed by atoms with Crippen LogP contribution in [0.2, 0.25) is 0 Å². The van der Waals surface area contributed by atoms with Crippen molar-refractivity contribution in [2.24, 2.45) is 5.11 Å². The van der Waals surface area contributed by atoms with Gasteiger partial charge in [-0.2, -0.15) is 0 Å². The number of nitrogens with zero attached hydrogens (tertiary/aromatic N) is 3. The summed E-state index contributed by atoms with van der Waals surface area (Å²) in [5, 5.41) is 12.5. The smallest absolute Gasteiger partial charge is 0.134 e. The third-order valence-electron chi connectivity index (χ3n) is 1.56. The molecule has 0 atom stereocenters. The maximum Gasteiger partial charge on any atom is 0.134 e. The summed E-state index contributed by atoms with van der Waals surface area (Å²) in [7, 11) is 0. The summed E-state index contributed by atoms with van der Waals surface area (Å²) in [6.45, 7) is 0.129. The second kappa shape index (κ2) is 4.89. The van der Waals surface area contributed by atoms with Crippen LogP contribution in [0.3, 0.4) is 0 Å². The Hall–Kier alpha value is -2.00. The number of azide groups is 1. The van der Waals surface area contributed by atoms with Gasteiger partial charge < -0.3 is 5.11 Å². The molecule has 0 aliphatic carbocycles. The quantitative estimate of drug-likeness (QED) is 0.447. The van der Waals surface area contributed by atoms with Gasteiger partial charge in [-0.05, 0) is 17.7 Å². The molecule has 0 aliphatic rings. The summed E-state index contributed by atoms with van der Waals surface area (Å²) in [4.78, 5) is 2.53. The Kier molecular flexibility index (Phi) is 3.52. The van der Waals surface area contributed by atoms with Gasteiger partial charge in [0.2, 0.25) is 0 Å². The van der Waals surface area contributed by atoms with Crippen molar-refractivity contribution in [3.05, 3.63) is 46.1 Å². The Balaban J connectivity index is 2.85. The molecule has 0 heterocycles. The van der Waals surface area contributed by atoms with Gasteiger partial charge in [-0.15, -0.1) is 0 Å². The predicted molar refractivity (Wildman–Crippen MR) is 51.1 cm³/mol. The second-order valence-corrected chi connectivity index (χ2v) is 2.49. The van der Waals surface area contributed by atoms with Crippen molar-refractivity contribution in [1.29, 1.82) is 0 Å². The van der Waals surface area contributed by atoms with Gasteiger partial charge in [0, 0.05) is 11.5 Å². The van der Waals surface area contributed by atoms with Crippen LogP contribution in [0.1, 0.15) is 5.56 Å². The number of aromatic hydroxyl groups is 1. The van der Waals surface area contributed by atoms with Gasteiger partial charge >= 0.3 is 0 Å². The Morgan fingerprint density at radius 3 is 3.00 bits per heavy atom. The fourth-order valence-corrected chi connectivity index (χ4v) is 0.945. The standard InChI is InChI=1S/C9H8FN3O/c10-8-4-1-5-9(14)7(8)3-2-6-12-13-11/h1-5,14H,6H2. The van der Waals surface area contributed by atoms with E-state index in [0.717, 1.165) is 0 Å². The van der Waals surface area contributed by atoms with E-state index < -0.39 is 5.82 Å². The Morgan fingerprint density at radius 1 is 1.57 bits per heavy atom. The zero-order valence-electron chi connectivity index (χ0n) is 7.26. The van der Waals surface area contributed by atoms with Gasteiger partial charge in [0.05, 0.1) is 5.56 Å². The van der Waals surface area contributed by atoms with Crippen LogP contribution >= 0.6 is 0 Å². The minimum Gasteiger partial charge on any atom is -0.507 e. The van der Waals surface area contributed by atoms with Crippen molar-refractivity contribution in [3.8, 4) is 5.75 Å². The molecule has 1 N–H and O–H groups in total. The first-order chi connectivity index (χ1) is 6.75. The highest BCUT2D eigenvalue weighted by molar-refractivity contribution is 5.57. The van der Waals surface area contributed by atoms with Crippen LogP contribution in [0.4, 0.5) is 4.39 Å². The Morgan fingerprint density at radius 2 is 2.36 bits per heavy atom. The molecule has 0 aliphatic heterocycles. The summed E-state index contributed by atoms with van der Waals surface area (Å²) >= 11 is 0. The van der Waals surface area contributed by atoms with Gasteiger partial charge in [0.1, 0.15) is 11.6 Å². The Labute approximate surface area is 79.9 Å². The molecule has 14 heavy (non-hydrogen) atoms. The van der Waals surface area contributed by atoms with Gasteiger partial charge in [-0.3, -0.25) is 0 Å². The summed E-state index contributed by atoms with van der Waals surface area (Å²) < 4.78 is 13.0. The van der Waals surface area contributed by atoms with E-state index in [0.29, 0.717) is 0 Å². The van der Waals surface area contributed by atoms with Crippen LogP contribution in [-0.4, -0.2) is 11.7 Å². The number of phenolic OH excluding ortho intramolecular Hbond substituents is 1. The van der Waals surface area contributed by atoms with Crippen LogP contribution in [-0.2, 0) is 0 Å². The third-order valence-corrected chi connectivity index (χ3v) is 1.56. The summed E-state index contributed by atoms with van der Waals surface area (Å²) in [6, 6.07) is 4.04. The lowest BCUT2D eigenvalue weighted by molar-refractivity contribution is 0.467. The summed E-state index contributed by atoms with van der Waals surface area (Å²) in [5.74, 6) is -0.649. The maximum absolute atomic E-state index is 13.0. The van der Waals surface area contributed by atoms with E-state index in [1.54, 1.807) is 0 Å². The second-order valence-electron chi connectivity index (χ2n) is 2.49. The molecular weight excluding hydrogens is 185 g/mol. The van der Waals surface area contributed by atoms with Crippen molar-refractivity contribution in [1.82, 2.24) is 0 Å². The molecule has 0 amide bonds. The molecule has 5 heteroatoms. The number of benzene rings is 1. The van der Waals surface area contributed by atoms with E-state index in [4.69, 9.17) is 5.53 Å². The van der Waals surface area contributed by atoms with Crippen molar-refractivity contribution >= 4 is 6.08 Å². The number of hydrogen-bond acceptors (Lipinski definition) is 2. The fourth-order valence-electron chi connectivity index (χ4n) is 0.945. The van der Waals surface area contributed by atoms with Crippen LogP contribution in [0.15, 0.2) is 29.4 Å². The van der Waals surface area contributed by atoms with E-state index in [1.807, 2.05) is 0 Å². The highest BCUT2D eigenvalue weighted by Gasteiger charge is 2.02. The molecule has 4 nitrogen and oxygen atoms in total. The third kappa shape index (κ3) is 2.50. The van der Waals surface area contributed by atoms with E-state index in [2.05, 4.69) is 10.0 Å². The van der Waals surface area contributed by atoms with E-state index in [-0.39, 0.29) is 17.9 Å². The molecule has 0 bridgehead atoms. The average molecular weight is 193 g/mol. The van der Waals surface area contributed by atoms with Gasteiger partial charge in [-0.1, -0.05) is 23.3 Å². The highest BCUT2D eigenvalue weighted by Crippen LogP contribution is 2.20. The van der Waals surface area contributed by atoms with Crippen molar-refractivity contribution < 1.29 is 9.50 Å². The van der Waals surface area contributed by atoms with Crippen molar-refractivity contribution in [2.75, 3.05) is 6.54 Å². The normalized spacial score (nSPS) is 10.1. The lowest BCUT2D eigenvalue weighted by Gasteiger charge is -1.98. The molecule has 0 spiro atoms. The van der Waals surface area contributed by atoms with E-state index in [1.165, 1.54) is 30.4 Å². The van der Waals surface area contributed by atoms with Crippen molar-refractivity contribution in [3.63, 3.8) is 0 Å².